The monoisotopic (exact) mass is 450 g/mol. The summed E-state index contributed by atoms with van der Waals surface area (Å²) in [5.74, 6) is 0.586. The van der Waals surface area contributed by atoms with Crippen LogP contribution < -0.4 is 0 Å². The number of nitro benzene ring substituents is 1. The summed E-state index contributed by atoms with van der Waals surface area (Å²) in [6.45, 7) is 3.74. The Morgan fingerprint density at radius 1 is 1.33 bits per heavy atom. The molecule has 0 spiro atoms. The molecule has 1 aromatic heterocycles. The topological polar surface area (TPSA) is 93.7 Å². The van der Waals surface area contributed by atoms with Gasteiger partial charge < -0.3 is 4.42 Å². The molecule has 2 heterocycles. The molecular weight excluding hydrogens is 436 g/mol. The Bertz CT molecular complexity index is 968. The first-order valence-corrected chi connectivity index (χ1v) is 9.74. The molecule has 3 rings (SSSR count). The molecule has 1 fully saturated rings. The summed E-state index contributed by atoms with van der Waals surface area (Å²) in [4.78, 5) is 36.5. The van der Waals surface area contributed by atoms with E-state index >= 15 is 0 Å². The predicted octanol–water partition coefficient (Wildman–Crippen LogP) is 5.45. The molecule has 0 bridgehead atoms. The highest BCUT2D eigenvalue weighted by Gasteiger charge is 2.37. The fraction of sp³-hybridized carbons (Fsp3) is 0.222. The molecule has 140 valence electrons. The Labute approximate surface area is 167 Å². The normalized spacial score (nSPS) is 17.0. The molecular formula is C18H15BrN2O5S. The third-order valence-electron chi connectivity index (χ3n) is 4.18. The van der Waals surface area contributed by atoms with E-state index in [1.165, 1.54) is 23.1 Å². The number of halogens is 1. The second-order valence-electron chi connectivity index (χ2n) is 5.93. The molecule has 2 amide bonds. The minimum atomic E-state index is -0.477. The van der Waals surface area contributed by atoms with Gasteiger partial charge in [0.25, 0.3) is 16.8 Å². The first kappa shape index (κ1) is 19.4. The van der Waals surface area contributed by atoms with Crippen LogP contribution in [0.3, 0.4) is 0 Å². The largest absolute Gasteiger partial charge is 0.457 e. The van der Waals surface area contributed by atoms with Gasteiger partial charge in [0.2, 0.25) is 0 Å². The zero-order valence-electron chi connectivity index (χ0n) is 14.5. The van der Waals surface area contributed by atoms with E-state index in [4.69, 9.17) is 4.42 Å². The van der Waals surface area contributed by atoms with Gasteiger partial charge >= 0.3 is 0 Å². The van der Waals surface area contributed by atoms with Crippen molar-refractivity contribution in [2.75, 3.05) is 0 Å². The van der Waals surface area contributed by atoms with E-state index in [9.17, 15) is 19.7 Å². The van der Waals surface area contributed by atoms with Crippen LogP contribution in [0.1, 0.15) is 26.0 Å². The smallest absolute Gasteiger partial charge is 0.293 e. The molecule has 2 aromatic rings. The molecule has 1 saturated heterocycles. The van der Waals surface area contributed by atoms with Crippen molar-refractivity contribution in [3.05, 3.63) is 55.6 Å². The summed E-state index contributed by atoms with van der Waals surface area (Å²) in [6.07, 6.45) is 2.22. The molecule has 1 aliphatic heterocycles. The van der Waals surface area contributed by atoms with E-state index in [1.807, 2.05) is 13.8 Å². The van der Waals surface area contributed by atoms with Crippen molar-refractivity contribution in [2.24, 2.45) is 0 Å². The molecule has 1 atom stereocenters. The van der Waals surface area contributed by atoms with Crippen molar-refractivity contribution in [3.8, 4) is 11.3 Å². The van der Waals surface area contributed by atoms with Gasteiger partial charge in [0.05, 0.1) is 9.83 Å². The Kier molecular flexibility index (Phi) is 5.52. The maximum atomic E-state index is 12.5. The molecule has 9 heteroatoms. The van der Waals surface area contributed by atoms with Crippen molar-refractivity contribution in [2.45, 2.75) is 26.3 Å². The number of hydrogen-bond donors (Lipinski definition) is 0. The van der Waals surface area contributed by atoms with Crippen LogP contribution in [0.25, 0.3) is 17.4 Å². The van der Waals surface area contributed by atoms with Crippen LogP contribution in [0.15, 0.2) is 44.1 Å². The van der Waals surface area contributed by atoms with E-state index in [0.717, 1.165) is 11.8 Å². The lowest BCUT2D eigenvalue weighted by Gasteiger charge is -2.19. The van der Waals surface area contributed by atoms with E-state index in [1.54, 1.807) is 18.2 Å². The van der Waals surface area contributed by atoms with Crippen LogP contribution in [0.2, 0.25) is 0 Å². The van der Waals surface area contributed by atoms with Gasteiger partial charge in [-0.15, -0.1) is 0 Å². The molecule has 0 aliphatic carbocycles. The van der Waals surface area contributed by atoms with E-state index < -0.39 is 4.92 Å². The van der Waals surface area contributed by atoms with Crippen molar-refractivity contribution >= 4 is 50.6 Å². The number of furan rings is 1. The number of amides is 2. The van der Waals surface area contributed by atoms with Crippen LogP contribution in [-0.4, -0.2) is 27.0 Å². The third-order valence-corrected chi connectivity index (χ3v) is 5.72. The Balaban J connectivity index is 1.87. The second kappa shape index (κ2) is 7.69. The minimum absolute atomic E-state index is 0.0314. The number of benzene rings is 1. The SMILES string of the molecule is CC[C@H](C)N1C(=O)S/C(=C\c2ccc(-c3ccc([N+](=O)[O-])cc3Br)o2)C1=O. The fourth-order valence-electron chi connectivity index (χ4n) is 2.56. The number of hydrogen-bond acceptors (Lipinski definition) is 6. The Morgan fingerprint density at radius 2 is 2.07 bits per heavy atom. The average Bonchev–Trinajstić information content (AvgIpc) is 3.19. The van der Waals surface area contributed by atoms with Crippen molar-refractivity contribution in [1.29, 1.82) is 0 Å². The number of thioether (sulfide) groups is 1. The fourth-order valence-corrected chi connectivity index (χ4v) is 4.04. The number of nitro groups is 1. The third kappa shape index (κ3) is 3.84. The maximum absolute atomic E-state index is 12.5. The van der Waals surface area contributed by atoms with Gasteiger partial charge in [-0.05, 0) is 59.2 Å². The summed E-state index contributed by atoms with van der Waals surface area (Å²) in [5, 5.41) is 10.6. The van der Waals surface area contributed by atoms with Gasteiger partial charge in [-0.25, -0.2) is 0 Å². The molecule has 0 unspecified atom stereocenters. The minimum Gasteiger partial charge on any atom is -0.457 e. The zero-order chi connectivity index (χ0) is 19.7. The van der Waals surface area contributed by atoms with Crippen molar-refractivity contribution < 1.29 is 18.9 Å². The first-order chi connectivity index (χ1) is 12.8. The van der Waals surface area contributed by atoms with Gasteiger partial charge in [-0.2, -0.15) is 0 Å². The summed E-state index contributed by atoms with van der Waals surface area (Å²) in [5.41, 5.74) is 0.615. The van der Waals surface area contributed by atoms with Crippen LogP contribution in [0, 0.1) is 10.1 Å². The van der Waals surface area contributed by atoms with Gasteiger partial charge in [-0.1, -0.05) is 6.92 Å². The molecule has 1 aliphatic rings. The van der Waals surface area contributed by atoms with Crippen molar-refractivity contribution in [1.82, 2.24) is 4.90 Å². The highest BCUT2D eigenvalue weighted by Crippen LogP contribution is 2.36. The highest BCUT2D eigenvalue weighted by atomic mass is 79.9. The zero-order valence-corrected chi connectivity index (χ0v) is 16.9. The van der Waals surface area contributed by atoms with E-state index in [2.05, 4.69) is 15.9 Å². The van der Waals surface area contributed by atoms with E-state index in [0.29, 0.717) is 32.9 Å². The number of carbonyl (C=O) groups excluding carboxylic acids is 2. The maximum Gasteiger partial charge on any atom is 0.293 e. The summed E-state index contributed by atoms with van der Waals surface area (Å²) in [6, 6.07) is 7.60. The lowest BCUT2D eigenvalue weighted by Crippen LogP contribution is -2.36. The Morgan fingerprint density at radius 3 is 2.70 bits per heavy atom. The Hall–Kier alpha value is -2.39. The number of carbonyl (C=O) groups is 2. The average molecular weight is 451 g/mol. The van der Waals surface area contributed by atoms with Crippen LogP contribution in [0.5, 0.6) is 0 Å². The van der Waals surface area contributed by atoms with Gasteiger partial charge in [0.1, 0.15) is 11.5 Å². The van der Waals surface area contributed by atoms with Gasteiger partial charge in [0.15, 0.2) is 0 Å². The first-order valence-electron chi connectivity index (χ1n) is 8.13. The summed E-state index contributed by atoms with van der Waals surface area (Å²) in [7, 11) is 0. The molecule has 1 aromatic carbocycles. The number of imide groups is 1. The lowest BCUT2D eigenvalue weighted by atomic mass is 10.1. The molecule has 0 saturated carbocycles. The summed E-state index contributed by atoms with van der Waals surface area (Å²) >= 11 is 4.20. The second-order valence-corrected chi connectivity index (χ2v) is 7.78. The van der Waals surface area contributed by atoms with Crippen molar-refractivity contribution in [3.63, 3.8) is 0 Å². The summed E-state index contributed by atoms with van der Waals surface area (Å²) < 4.78 is 6.27. The molecule has 27 heavy (non-hydrogen) atoms. The van der Waals surface area contributed by atoms with Crippen LogP contribution in [0.4, 0.5) is 10.5 Å². The molecule has 0 N–H and O–H groups in total. The number of nitrogens with zero attached hydrogens (tertiary/aromatic N) is 2. The van der Waals surface area contributed by atoms with Gasteiger partial charge in [0, 0.05) is 34.3 Å². The number of non-ortho nitro benzene ring substituents is 1. The number of rotatable bonds is 5. The molecule has 7 nitrogen and oxygen atoms in total. The van der Waals surface area contributed by atoms with Crippen LogP contribution >= 0.6 is 27.7 Å². The molecule has 0 radical (unpaired) electrons. The highest BCUT2D eigenvalue weighted by molar-refractivity contribution is 9.10. The van der Waals surface area contributed by atoms with Crippen LogP contribution in [-0.2, 0) is 4.79 Å². The standard InChI is InChI=1S/C18H15BrN2O5S/c1-3-10(2)20-17(22)16(27-18(20)23)9-12-5-7-15(26-12)13-6-4-11(21(24)25)8-14(13)19/h4-10H,3H2,1-2H3/b16-9-/t10-/m0/s1. The quantitative estimate of drug-likeness (QED) is 0.341. The van der Waals surface area contributed by atoms with E-state index in [-0.39, 0.29) is 22.9 Å². The lowest BCUT2D eigenvalue weighted by molar-refractivity contribution is -0.384. The van der Waals surface area contributed by atoms with Gasteiger partial charge in [-0.3, -0.25) is 24.6 Å². The predicted molar refractivity (Wildman–Crippen MR) is 106 cm³/mol.